The van der Waals surface area contributed by atoms with Crippen LogP contribution in [0.1, 0.15) is 19.4 Å². The minimum atomic E-state index is 1.17. The number of rotatable bonds is 2. The summed E-state index contributed by atoms with van der Waals surface area (Å²) in [5.41, 5.74) is 2.38. The molecular weight excluding hydrogens is 273 g/mol. The summed E-state index contributed by atoms with van der Waals surface area (Å²) in [7, 11) is 0. The highest BCUT2D eigenvalue weighted by Crippen LogP contribution is 2.08. The Morgan fingerprint density at radius 3 is 2.62 bits per heavy atom. The molecule has 2 heteroatoms. The molecule has 0 atom stereocenters. The Morgan fingerprint density at radius 1 is 1.31 bits per heavy atom. The third-order valence-electron chi connectivity index (χ3n) is 1.45. The average molecular weight is 285 g/mol. The molecule has 0 amide bonds. The van der Waals surface area contributed by atoms with Gasteiger partial charge < -0.3 is 0 Å². The lowest BCUT2D eigenvalue weighted by Crippen LogP contribution is -1.84. The molecule has 1 nitrogen and oxygen atoms in total. The van der Waals surface area contributed by atoms with Gasteiger partial charge in [-0.1, -0.05) is 23.8 Å². The normalized spacial score (nSPS) is 10.4. The third kappa shape index (κ3) is 3.72. The van der Waals surface area contributed by atoms with Crippen LogP contribution in [0.4, 0.5) is 0 Å². The van der Waals surface area contributed by atoms with Crippen molar-refractivity contribution in [2.24, 2.45) is 4.99 Å². The van der Waals surface area contributed by atoms with E-state index in [4.69, 9.17) is 0 Å². The largest absolute Gasteiger partial charge is 0.264 e. The van der Waals surface area contributed by atoms with Gasteiger partial charge in [0.05, 0.1) is 0 Å². The van der Waals surface area contributed by atoms with E-state index in [1.165, 1.54) is 14.7 Å². The van der Waals surface area contributed by atoms with Gasteiger partial charge in [0.25, 0.3) is 0 Å². The first-order valence-electron chi connectivity index (χ1n) is 4.11. The Hall–Kier alpha value is -0.640. The van der Waals surface area contributed by atoms with Crippen molar-refractivity contribution in [1.29, 1.82) is 0 Å². The first kappa shape index (κ1) is 10.4. The van der Waals surface area contributed by atoms with Crippen LogP contribution in [0.2, 0.25) is 0 Å². The lowest BCUT2D eigenvalue weighted by atomic mass is 10.2. The number of hydrogen-bond acceptors (Lipinski definition) is 1. The SMILES string of the molecule is CC(C)=C/N=C\c1ccccc1I. The molecule has 0 aliphatic carbocycles. The van der Waals surface area contributed by atoms with Crippen molar-refractivity contribution >= 4 is 28.8 Å². The highest BCUT2D eigenvalue weighted by molar-refractivity contribution is 14.1. The fourth-order valence-corrected chi connectivity index (χ4v) is 1.37. The summed E-state index contributed by atoms with van der Waals surface area (Å²) in [6.07, 6.45) is 3.75. The molecule has 1 aromatic carbocycles. The summed E-state index contributed by atoms with van der Waals surface area (Å²) in [5.74, 6) is 0. The van der Waals surface area contributed by atoms with E-state index >= 15 is 0 Å². The van der Waals surface area contributed by atoms with Gasteiger partial charge in [0.1, 0.15) is 0 Å². The van der Waals surface area contributed by atoms with Crippen LogP contribution >= 0.6 is 22.6 Å². The lowest BCUT2D eigenvalue weighted by Gasteiger charge is -1.94. The number of allylic oxidation sites excluding steroid dienone is 1. The second-order valence-electron chi connectivity index (χ2n) is 3.01. The molecule has 0 N–H and O–H groups in total. The van der Waals surface area contributed by atoms with Crippen molar-refractivity contribution < 1.29 is 0 Å². The maximum atomic E-state index is 4.21. The molecule has 0 saturated heterocycles. The molecule has 68 valence electrons. The highest BCUT2D eigenvalue weighted by atomic mass is 127. The highest BCUT2D eigenvalue weighted by Gasteiger charge is 1.91. The zero-order valence-corrected chi connectivity index (χ0v) is 9.95. The second-order valence-corrected chi connectivity index (χ2v) is 4.17. The van der Waals surface area contributed by atoms with E-state index in [9.17, 15) is 0 Å². The first-order chi connectivity index (χ1) is 6.20. The second kappa shape index (κ2) is 5.17. The van der Waals surface area contributed by atoms with Gasteiger partial charge in [-0.25, -0.2) is 0 Å². The molecule has 1 aromatic rings. The predicted octanol–water partition coefficient (Wildman–Crippen LogP) is 3.63. The van der Waals surface area contributed by atoms with Crippen molar-refractivity contribution in [3.05, 3.63) is 45.2 Å². The molecule has 0 fully saturated rings. The fraction of sp³-hybridized carbons (Fsp3) is 0.182. The summed E-state index contributed by atoms with van der Waals surface area (Å²) in [6.45, 7) is 4.07. The Balaban J connectivity index is 2.80. The van der Waals surface area contributed by atoms with Gasteiger partial charge in [0.2, 0.25) is 0 Å². The van der Waals surface area contributed by atoms with Gasteiger partial charge in [-0.15, -0.1) is 0 Å². The topological polar surface area (TPSA) is 12.4 Å². The van der Waals surface area contributed by atoms with E-state index < -0.39 is 0 Å². The molecule has 1 rings (SSSR count). The van der Waals surface area contributed by atoms with Crippen molar-refractivity contribution in [3.63, 3.8) is 0 Å². The average Bonchev–Trinajstić information content (AvgIpc) is 2.08. The Kier molecular flexibility index (Phi) is 4.15. The molecule has 0 spiro atoms. The standard InChI is InChI=1S/C11H12IN/c1-9(2)7-13-8-10-5-3-4-6-11(10)12/h3-8H,1-2H3/b13-8-. The van der Waals surface area contributed by atoms with Gasteiger partial charge >= 0.3 is 0 Å². The van der Waals surface area contributed by atoms with Crippen LogP contribution in [0.5, 0.6) is 0 Å². The van der Waals surface area contributed by atoms with Crippen LogP contribution < -0.4 is 0 Å². The van der Waals surface area contributed by atoms with Gasteiger partial charge in [0.15, 0.2) is 0 Å². The monoisotopic (exact) mass is 285 g/mol. The molecule has 0 radical (unpaired) electrons. The molecule has 0 bridgehead atoms. The van der Waals surface area contributed by atoms with E-state index in [1.54, 1.807) is 0 Å². The lowest BCUT2D eigenvalue weighted by molar-refractivity contribution is 1.34. The van der Waals surface area contributed by atoms with E-state index in [-0.39, 0.29) is 0 Å². The summed E-state index contributed by atoms with van der Waals surface area (Å²) in [5, 5.41) is 0. The summed E-state index contributed by atoms with van der Waals surface area (Å²) < 4.78 is 1.23. The van der Waals surface area contributed by atoms with E-state index in [0.29, 0.717) is 0 Å². The number of halogens is 1. The van der Waals surface area contributed by atoms with Crippen molar-refractivity contribution in [3.8, 4) is 0 Å². The molecule has 13 heavy (non-hydrogen) atoms. The number of aliphatic imine (C=N–C) groups is 1. The van der Waals surface area contributed by atoms with E-state index in [0.717, 1.165) is 0 Å². The van der Waals surface area contributed by atoms with Crippen molar-refractivity contribution in [1.82, 2.24) is 0 Å². The quantitative estimate of drug-likeness (QED) is 0.581. The molecule has 0 aliphatic rings. The summed E-state index contributed by atoms with van der Waals surface area (Å²) >= 11 is 2.31. The Morgan fingerprint density at radius 2 is 2.00 bits per heavy atom. The smallest absolute Gasteiger partial charge is 0.0350 e. The molecule has 0 heterocycles. The zero-order chi connectivity index (χ0) is 9.68. The van der Waals surface area contributed by atoms with Crippen LogP contribution in [0, 0.1) is 3.57 Å². The van der Waals surface area contributed by atoms with Crippen LogP contribution in [0.25, 0.3) is 0 Å². The minimum Gasteiger partial charge on any atom is -0.264 e. The number of hydrogen-bond donors (Lipinski definition) is 0. The molecule has 0 aromatic heterocycles. The third-order valence-corrected chi connectivity index (χ3v) is 2.43. The number of benzene rings is 1. The first-order valence-corrected chi connectivity index (χ1v) is 5.19. The Labute approximate surface area is 92.7 Å². The van der Waals surface area contributed by atoms with Gasteiger partial charge in [-0.3, -0.25) is 4.99 Å². The Bertz CT molecular complexity index is 336. The van der Waals surface area contributed by atoms with Gasteiger partial charge in [-0.2, -0.15) is 0 Å². The van der Waals surface area contributed by atoms with Crippen LogP contribution in [0.15, 0.2) is 41.0 Å². The molecule has 0 unspecified atom stereocenters. The van der Waals surface area contributed by atoms with E-state index in [2.05, 4.69) is 39.7 Å². The van der Waals surface area contributed by atoms with Gasteiger partial charge in [-0.05, 0) is 42.5 Å². The maximum absolute atomic E-state index is 4.21. The maximum Gasteiger partial charge on any atom is 0.0350 e. The minimum absolute atomic E-state index is 1.17. The summed E-state index contributed by atoms with van der Waals surface area (Å²) in [4.78, 5) is 4.21. The van der Waals surface area contributed by atoms with Crippen LogP contribution in [-0.2, 0) is 0 Å². The van der Waals surface area contributed by atoms with Crippen LogP contribution in [0.3, 0.4) is 0 Å². The van der Waals surface area contributed by atoms with Crippen LogP contribution in [-0.4, -0.2) is 6.21 Å². The molecular formula is C11H12IN. The molecule has 0 aliphatic heterocycles. The van der Waals surface area contributed by atoms with Gasteiger partial charge in [0, 0.05) is 21.5 Å². The predicted molar refractivity (Wildman–Crippen MR) is 66.2 cm³/mol. The van der Waals surface area contributed by atoms with Crippen molar-refractivity contribution in [2.75, 3.05) is 0 Å². The van der Waals surface area contributed by atoms with Crippen molar-refractivity contribution in [2.45, 2.75) is 13.8 Å². The zero-order valence-electron chi connectivity index (χ0n) is 7.79. The number of nitrogens with zero attached hydrogens (tertiary/aromatic N) is 1. The summed E-state index contributed by atoms with van der Waals surface area (Å²) in [6, 6.07) is 8.18. The molecule has 0 saturated carbocycles. The fourth-order valence-electron chi connectivity index (χ4n) is 0.846. The van der Waals surface area contributed by atoms with E-state index in [1.807, 2.05) is 38.4 Å².